The highest BCUT2D eigenvalue weighted by Gasteiger charge is 2.08. The quantitative estimate of drug-likeness (QED) is 0.915. The smallest absolute Gasteiger partial charge is 0.224 e. The van der Waals surface area contributed by atoms with Gasteiger partial charge in [-0.05, 0) is 30.2 Å². The third-order valence-corrected chi connectivity index (χ3v) is 3.95. The van der Waals surface area contributed by atoms with E-state index in [1.807, 2.05) is 6.07 Å². The van der Waals surface area contributed by atoms with Crippen molar-refractivity contribution in [2.24, 2.45) is 0 Å². The van der Waals surface area contributed by atoms with Crippen LogP contribution in [-0.4, -0.2) is 10.9 Å². The highest BCUT2D eigenvalue weighted by Crippen LogP contribution is 2.19. The average Bonchev–Trinajstić information content (AvgIpc) is 2.95. The van der Waals surface area contributed by atoms with Crippen LogP contribution in [-0.2, 0) is 11.2 Å². The van der Waals surface area contributed by atoms with Gasteiger partial charge < -0.3 is 5.32 Å². The Morgan fingerprint density at radius 1 is 1.38 bits per heavy atom. The topological polar surface area (TPSA) is 65.8 Å². The zero-order valence-corrected chi connectivity index (χ0v) is 12.9. The number of nitrogens with zero attached hydrogens (tertiary/aromatic N) is 2. The summed E-state index contributed by atoms with van der Waals surface area (Å²) in [6.07, 6.45) is 1.06. The number of hydrogen-bond donors (Lipinski definition) is 1. The van der Waals surface area contributed by atoms with Gasteiger partial charge in [0.2, 0.25) is 5.91 Å². The highest BCUT2D eigenvalue weighted by molar-refractivity contribution is 7.09. The molecule has 0 radical (unpaired) electrons. The molecule has 5 heteroatoms. The molecule has 0 atom stereocenters. The first-order chi connectivity index (χ1) is 10.1. The second kappa shape index (κ2) is 7.00. The number of carbonyl (C=O) groups excluding carboxylic acids is 1. The van der Waals surface area contributed by atoms with Crippen LogP contribution in [0.3, 0.4) is 0 Å². The highest BCUT2D eigenvalue weighted by atomic mass is 32.1. The van der Waals surface area contributed by atoms with E-state index in [0.717, 1.165) is 10.7 Å². The second-order valence-corrected chi connectivity index (χ2v) is 6.00. The van der Waals surface area contributed by atoms with Crippen LogP contribution in [0.25, 0.3) is 0 Å². The van der Waals surface area contributed by atoms with Gasteiger partial charge in [0.1, 0.15) is 0 Å². The van der Waals surface area contributed by atoms with Crippen molar-refractivity contribution in [2.75, 3.05) is 5.32 Å². The standard InChI is InChI=1S/C16H17N3OS/c1-11(2)14-10-21-16(19-14)8-7-15(20)18-13-5-3-12(9-17)4-6-13/h3-6,10-11H,7-8H2,1-2H3,(H,18,20). The number of amides is 1. The van der Waals surface area contributed by atoms with E-state index in [-0.39, 0.29) is 5.91 Å². The van der Waals surface area contributed by atoms with Gasteiger partial charge >= 0.3 is 0 Å². The Morgan fingerprint density at radius 3 is 2.67 bits per heavy atom. The monoisotopic (exact) mass is 299 g/mol. The molecule has 2 rings (SSSR count). The summed E-state index contributed by atoms with van der Waals surface area (Å²) >= 11 is 1.60. The Hall–Kier alpha value is -2.19. The van der Waals surface area contributed by atoms with Crippen molar-refractivity contribution in [1.82, 2.24) is 4.98 Å². The molecule has 0 bridgehead atoms. The predicted octanol–water partition coefficient (Wildman–Crippen LogP) is 3.71. The summed E-state index contributed by atoms with van der Waals surface area (Å²) in [6.45, 7) is 4.22. The summed E-state index contributed by atoms with van der Waals surface area (Å²) in [5.41, 5.74) is 2.38. The maximum absolute atomic E-state index is 11.9. The lowest BCUT2D eigenvalue weighted by molar-refractivity contribution is -0.116. The molecule has 0 aliphatic rings. The molecule has 0 unspecified atom stereocenters. The average molecular weight is 299 g/mol. The van der Waals surface area contributed by atoms with E-state index < -0.39 is 0 Å². The number of rotatable bonds is 5. The SMILES string of the molecule is CC(C)c1csc(CCC(=O)Nc2ccc(C#N)cc2)n1. The number of carbonyl (C=O) groups is 1. The van der Waals surface area contributed by atoms with Crippen LogP contribution in [0, 0.1) is 11.3 Å². The minimum absolute atomic E-state index is 0.0407. The maximum atomic E-state index is 11.9. The molecule has 4 nitrogen and oxygen atoms in total. The molecule has 0 fully saturated rings. The zero-order valence-electron chi connectivity index (χ0n) is 12.1. The van der Waals surface area contributed by atoms with E-state index in [1.54, 1.807) is 35.6 Å². The fourth-order valence-electron chi connectivity index (χ4n) is 1.78. The van der Waals surface area contributed by atoms with Crippen LogP contribution >= 0.6 is 11.3 Å². The number of aryl methyl sites for hydroxylation is 1. The number of aromatic nitrogens is 1. The molecule has 0 aliphatic heterocycles. The van der Waals surface area contributed by atoms with E-state index in [9.17, 15) is 4.79 Å². The van der Waals surface area contributed by atoms with Crippen LogP contribution in [0.5, 0.6) is 0 Å². The number of benzene rings is 1. The summed E-state index contributed by atoms with van der Waals surface area (Å²) in [4.78, 5) is 16.4. The van der Waals surface area contributed by atoms with Gasteiger partial charge in [-0.1, -0.05) is 13.8 Å². The zero-order chi connectivity index (χ0) is 15.2. The van der Waals surface area contributed by atoms with Crippen LogP contribution in [0.4, 0.5) is 5.69 Å². The number of nitrogens with one attached hydrogen (secondary N) is 1. The Balaban J connectivity index is 1.85. The van der Waals surface area contributed by atoms with Gasteiger partial charge in [0, 0.05) is 23.9 Å². The molecule has 0 saturated heterocycles. The Labute approximate surface area is 128 Å². The van der Waals surface area contributed by atoms with E-state index in [4.69, 9.17) is 5.26 Å². The first-order valence-corrected chi connectivity index (χ1v) is 7.70. The molecule has 1 N–H and O–H groups in total. The van der Waals surface area contributed by atoms with Crippen molar-refractivity contribution in [3.63, 3.8) is 0 Å². The maximum Gasteiger partial charge on any atom is 0.224 e. The van der Waals surface area contributed by atoms with E-state index in [2.05, 4.69) is 29.5 Å². The van der Waals surface area contributed by atoms with Crippen molar-refractivity contribution in [3.05, 3.63) is 45.9 Å². The van der Waals surface area contributed by atoms with Crippen LogP contribution < -0.4 is 5.32 Å². The van der Waals surface area contributed by atoms with Gasteiger partial charge in [-0.2, -0.15) is 5.26 Å². The van der Waals surface area contributed by atoms with Gasteiger partial charge in [0.05, 0.1) is 22.3 Å². The van der Waals surface area contributed by atoms with Gasteiger partial charge in [0.15, 0.2) is 0 Å². The third-order valence-electron chi connectivity index (χ3n) is 3.02. The van der Waals surface area contributed by atoms with Gasteiger partial charge in [-0.25, -0.2) is 4.98 Å². The molecule has 1 heterocycles. The van der Waals surface area contributed by atoms with Gasteiger partial charge in [-0.15, -0.1) is 11.3 Å². The number of anilines is 1. The molecular formula is C16H17N3OS. The van der Waals surface area contributed by atoms with Crippen molar-refractivity contribution < 1.29 is 4.79 Å². The van der Waals surface area contributed by atoms with Crippen LogP contribution in [0.1, 0.15) is 42.5 Å². The molecule has 1 aromatic heterocycles. The van der Waals surface area contributed by atoms with E-state index >= 15 is 0 Å². The van der Waals surface area contributed by atoms with Crippen molar-refractivity contribution in [3.8, 4) is 6.07 Å². The number of nitriles is 1. The predicted molar refractivity (Wildman–Crippen MR) is 84.3 cm³/mol. The minimum atomic E-state index is -0.0407. The normalized spacial score (nSPS) is 10.4. The molecular weight excluding hydrogens is 282 g/mol. The molecule has 0 spiro atoms. The fourth-order valence-corrected chi connectivity index (χ4v) is 2.74. The molecule has 0 saturated carbocycles. The van der Waals surface area contributed by atoms with Crippen molar-refractivity contribution >= 4 is 22.9 Å². The Morgan fingerprint density at radius 2 is 2.10 bits per heavy atom. The summed E-state index contributed by atoms with van der Waals surface area (Å²) < 4.78 is 0. The first-order valence-electron chi connectivity index (χ1n) is 6.83. The fraction of sp³-hybridized carbons (Fsp3) is 0.312. The molecule has 1 aromatic carbocycles. The first kappa shape index (κ1) is 15.2. The molecule has 108 valence electrons. The summed E-state index contributed by atoms with van der Waals surface area (Å²) in [7, 11) is 0. The minimum Gasteiger partial charge on any atom is -0.326 e. The molecule has 1 amide bonds. The second-order valence-electron chi connectivity index (χ2n) is 5.06. The Bertz CT molecular complexity index is 653. The lowest BCUT2D eigenvalue weighted by Crippen LogP contribution is -2.12. The van der Waals surface area contributed by atoms with Crippen molar-refractivity contribution in [2.45, 2.75) is 32.6 Å². The van der Waals surface area contributed by atoms with Gasteiger partial charge in [-0.3, -0.25) is 4.79 Å². The molecule has 2 aromatic rings. The third kappa shape index (κ3) is 4.40. The number of thiazole rings is 1. The number of hydrogen-bond acceptors (Lipinski definition) is 4. The summed E-state index contributed by atoms with van der Waals surface area (Å²) in [5, 5.41) is 14.6. The summed E-state index contributed by atoms with van der Waals surface area (Å²) in [5.74, 6) is 0.378. The van der Waals surface area contributed by atoms with E-state index in [0.29, 0.717) is 30.0 Å². The lowest BCUT2D eigenvalue weighted by atomic mass is 10.2. The molecule has 0 aliphatic carbocycles. The summed E-state index contributed by atoms with van der Waals surface area (Å²) in [6, 6.07) is 8.88. The molecule has 21 heavy (non-hydrogen) atoms. The lowest BCUT2D eigenvalue weighted by Gasteiger charge is -2.04. The van der Waals surface area contributed by atoms with Gasteiger partial charge in [0.25, 0.3) is 0 Å². The van der Waals surface area contributed by atoms with E-state index in [1.165, 1.54) is 0 Å². The van der Waals surface area contributed by atoms with Crippen LogP contribution in [0.2, 0.25) is 0 Å². The Kier molecular flexibility index (Phi) is 5.07. The van der Waals surface area contributed by atoms with Crippen molar-refractivity contribution in [1.29, 1.82) is 5.26 Å². The largest absolute Gasteiger partial charge is 0.326 e. The van der Waals surface area contributed by atoms with Crippen LogP contribution in [0.15, 0.2) is 29.6 Å².